The van der Waals surface area contributed by atoms with Crippen LogP contribution in [0.25, 0.3) is 0 Å². The molecule has 0 spiro atoms. The van der Waals surface area contributed by atoms with E-state index >= 15 is 0 Å². The molecule has 1 aromatic heterocycles. The van der Waals surface area contributed by atoms with Gasteiger partial charge in [-0.2, -0.15) is 0 Å². The summed E-state index contributed by atoms with van der Waals surface area (Å²) >= 11 is 6.21. The van der Waals surface area contributed by atoms with Crippen molar-refractivity contribution in [2.75, 3.05) is 13.1 Å². The summed E-state index contributed by atoms with van der Waals surface area (Å²) in [5.74, 6) is 0.466. The van der Waals surface area contributed by atoms with Crippen LogP contribution in [0.3, 0.4) is 0 Å². The summed E-state index contributed by atoms with van der Waals surface area (Å²) in [4.78, 5) is 15.6. The molecule has 2 aliphatic rings. The molecular formula is C13H18ClN3O2. The monoisotopic (exact) mass is 283 g/mol. The number of hydrogen-bond acceptors (Lipinski definition) is 3. The van der Waals surface area contributed by atoms with Gasteiger partial charge in [-0.25, -0.2) is 4.98 Å². The Balaban J connectivity index is 1.89. The Labute approximate surface area is 117 Å². The Kier molecular flexibility index (Phi) is 3.50. The smallest absolute Gasteiger partial charge is 0.306 e. The molecule has 1 saturated heterocycles. The van der Waals surface area contributed by atoms with Crippen LogP contribution in [-0.4, -0.2) is 33.7 Å². The number of carbonyl (C=O) groups is 1. The Hall–Kier alpha value is -1.07. The first-order valence-corrected chi connectivity index (χ1v) is 7.23. The molecule has 2 aliphatic heterocycles. The number of piperidine rings is 1. The van der Waals surface area contributed by atoms with Crippen molar-refractivity contribution in [3.8, 4) is 0 Å². The third-order valence-electron chi connectivity index (χ3n) is 4.25. The van der Waals surface area contributed by atoms with E-state index in [0.29, 0.717) is 23.9 Å². The molecule has 5 nitrogen and oxygen atoms in total. The van der Waals surface area contributed by atoms with E-state index in [4.69, 9.17) is 16.7 Å². The molecule has 0 aromatic carbocycles. The Bertz CT molecular complexity index is 494. The fraction of sp³-hybridized carbons (Fsp3) is 0.692. The molecule has 1 atom stereocenters. The van der Waals surface area contributed by atoms with Gasteiger partial charge in [-0.15, -0.1) is 0 Å². The van der Waals surface area contributed by atoms with Crippen LogP contribution in [0.1, 0.15) is 36.7 Å². The van der Waals surface area contributed by atoms with E-state index in [-0.39, 0.29) is 5.92 Å². The van der Waals surface area contributed by atoms with Gasteiger partial charge in [0.05, 0.1) is 11.6 Å². The fourth-order valence-corrected chi connectivity index (χ4v) is 3.41. The van der Waals surface area contributed by atoms with Gasteiger partial charge in [-0.3, -0.25) is 4.79 Å². The van der Waals surface area contributed by atoms with Crippen LogP contribution in [0.2, 0.25) is 5.15 Å². The minimum atomic E-state index is -0.730. The number of carboxylic acid groups (broad SMARTS) is 1. The molecular weight excluding hydrogens is 266 g/mol. The number of halogens is 1. The highest BCUT2D eigenvalue weighted by Crippen LogP contribution is 2.33. The molecule has 3 heterocycles. The Morgan fingerprint density at radius 1 is 1.37 bits per heavy atom. The lowest BCUT2D eigenvalue weighted by Crippen LogP contribution is -2.30. The van der Waals surface area contributed by atoms with Crippen molar-refractivity contribution in [2.24, 2.45) is 5.92 Å². The second kappa shape index (κ2) is 5.13. The first-order valence-electron chi connectivity index (χ1n) is 6.85. The molecule has 6 heteroatoms. The molecule has 1 aromatic rings. The number of rotatable bonds is 2. The van der Waals surface area contributed by atoms with Crippen LogP contribution in [0, 0.1) is 5.92 Å². The van der Waals surface area contributed by atoms with Gasteiger partial charge in [-0.05, 0) is 32.4 Å². The number of aliphatic carboxylic acids is 1. The number of fused-ring (bicyclic) bond motifs is 1. The van der Waals surface area contributed by atoms with E-state index in [9.17, 15) is 4.79 Å². The molecule has 1 unspecified atom stereocenters. The number of carboxylic acids is 1. The van der Waals surface area contributed by atoms with Gasteiger partial charge in [0.1, 0.15) is 5.82 Å². The first kappa shape index (κ1) is 12.9. The van der Waals surface area contributed by atoms with Crippen LogP contribution in [0.5, 0.6) is 0 Å². The van der Waals surface area contributed by atoms with E-state index in [2.05, 4.69) is 14.9 Å². The third-order valence-corrected chi connectivity index (χ3v) is 4.55. The van der Waals surface area contributed by atoms with Crippen molar-refractivity contribution < 1.29 is 9.90 Å². The van der Waals surface area contributed by atoms with Crippen molar-refractivity contribution >= 4 is 17.6 Å². The summed E-state index contributed by atoms with van der Waals surface area (Å²) in [7, 11) is 0. The molecule has 0 saturated carbocycles. The van der Waals surface area contributed by atoms with Gasteiger partial charge in [0.15, 0.2) is 5.15 Å². The van der Waals surface area contributed by atoms with Crippen molar-refractivity contribution in [3.05, 3.63) is 16.7 Å². The van der Waals surface area contributed by atoms with E-state index in [1.54, 1.807) is 0 Å². The van der Waals surface area contributed by atoms with Crippen LogP contribution in [0.15, 0.2) is 0 Å². The van der Waals surface area contributed by atoms with Gasteiger partial charge >= 0.3 is 5.97 Å². The zero-order chi connectivity index (χ0) is 13.4. The summed E-state index contributed by atoms with van der Waals surface area (Å²) < 4.78 is 2.16. The van der Waals surface area contributed by atoms with Gasteiger partial charge < -0.3 is 15.0 Å². The quantitative estimate of drug-likeness (QED) is 0.866. The van der Waals surface area contributed by atoms with Crippen LogP contribution >= 0.6 is 11.6 Å². The lowest BCUT2D eigenvalue weighted by molar-refractivity contribution is -0.142. The van der Waals surface area contributed by atoms with Crippen molar-refractivity contribution in [3.63, 3.8) is 0 Å². The summed E-state index contributed by atoms with van der Waals surface area (Å²) in [5.41, 5.74) is 0.911. The SMILES string of the molecule is O=C(O)C1CCn2c(C3CCNCC3)nc(Cl)c2C1. The van der Waals surface area contributed by atoms with E-state index < -0.39 is 5.97 Å². The van der Waals surface area contributed by atoms with Crippen molar-refractivity contribution in [1.29, 1.82) is 0 Å². The molecule has 0 amide bonds. The first-order chi connectivity index (χ1) is 9.16. The van der Waals surface area contributed by atoms with E-state index in [0.717, 1.165) is 44.0 Å². The van der Waals surface area contributed by atoms with Gasteiger partial charge in [0, 0.05) is 18.9 Å². The number of nitrogens with zero attached hydrogens (tertiary/aromatic N) is 2. The second-order valence-corrected chi connectivity index (χ2v) is 5.77. The van der Waals surface area contributed by atoms with E-state index in [1.807, 2.05) is 0 Å². The van der Waals surface area contributed by atoms with Crippen molar-refractivity contribution in [2.45, 2.75) is 38.1 Å². The normalized spacial score (nSPS) is 24.2. The molecule has 0 radical (unpaired) electrons. The molecule has 3 rings (SSSR count). The largest absolute Gasteiger partial charge is 0.481 e. The second-order valence-electron chi connectivity index (χ2n) is 5.41. The highest BCUT2D eigenvalue weighted by atomic mass is 35.5. The summed E-state index contributed by atoms with van der Waals surface area (Å²) in [6.45, 7) is 2.76. The number of aromatic nitrogens is 2. The summed E-state index contributed by atoms with van der Waals surface area (Å²) in [5, 5.41) is 13.0. The highest BCUT2D eigenvalue weighted by molar-refractivity contribution is 6.30. The number of hydrogen-bond donors (Lipinski definition) is 2. The average Bonchev–Trinajstić information content (AvgIpc) is 2.77. The molecule has 1 fully saturated rings. The maximum absolute atomic E-state index is 11.1. The van der Waals surface area contributed by atoms with Gasteiger partial charge in [0.2, 0.25) is 0 Å². The molecule has 2 N–H and O–H groups in total. The lowest BCUT2D eigenvalue weighted by atomic mass is 9.94. The summed E-state index contributed by atoms with van der Waals surface area (Å²) in [6, 6.07) is 0. The topological polar surface area (TPSA) is 67.2 Å². The van der Waals surface area contributed by atoms with Crippen molar-refractivity contribution in [1.82, 2.24) is 14.9 Å². The maximum Gasteiger partial charge on any atom is 0.306 e. The average molecular weight is 284 g/mol. The van der Waals surface area contributed by atoms with Crippen LogP contribution in [0.4, 0.5) is 0 Å². The van der Waals surface area contributed by atoms with Crippen LogP contribution in [-0.2, 0) is 17.8 Å². The Morgan fingerprint density at radius 2 is 2.11 bits per heavy atom. The standard InChI is InChI=1S/C13H18ClN3O2/c14-11-10-7-9(13(18)19)3-6-17(10)12(16-11)8-1-4-15-5-2-8/h8-9,15H,1-7H2,(H,18,19). The predicted molar refractivity (Wildman–Crippen MR) is 71.5 cm³/mol. The fourth-order valence-electron chi connectivity index (χ4n) is 3.14. The van der Waals surface area contributed by atoms with Gasteiger partial charge in [0.25, 0.3) is 0 Å². The lowest BCUT2D eigenvalue weighted by Gasteiger charge is -2.26. The predicted octanol–water partition coefficient (Wildman–Crippen LogP) is 1.65. The number of imidazole rings is 1. The maximum atomic E-state index is 11.1. The minimum absolute atomic E-state index is 0.317. The Morgan fingerprint density at radius 3 is 2.79 bits per heavy atom. The molecule has 0 aliphatic carbocycles. The minimum Gasteiger partial charge on any atom is -0.481 e. The molecule has 0 bridgehead atoms. The summed E-state index contributed by atoms with van der Waals surface area (Å²) in [6.07, 6.45) is 3.34. The highest BCUT2D eigenvalue weighted by Gasteiger charge is 2.31. The van der Waals surface area contributed by atoms with Gasteiger partial charge in [-0.1, -0.05) is 11.6 Å². The molecule has 19 heavy (non-hydrogen) atoms. The third kappa shape index (κ3) is 2.37. The zero-order valence-electron chi connectivity index (χ0n) is 10.7. The van der Waals surface area contributed by atoms with Crippen LogP contribution < -0.4 is 5.32 Å². The molecule has 104 valence electrons. The van der Waals surface area contributed by atoms with E-state index in [1.165, 1.54) is 0 Å². The number of nitrogens with one attached hydrogen (secondary N) is 1. The zero-order valence-corrected chi connectivity index (χ0v) is 11.5.